The molecule has 3 heteroatoms. The van der Waals surface area contributed by atoms with E-state index < -0.39 is 0 Å². The van der Waals surface area contributed by atoms with Crippen LogP contribution >= 0.6 is 0 Å². The van der Waals surface area contributed by atoms with Crippen molar-refractivity contribution in [3.63, 3.8) is 0 Å². The molecule has 1 aliphatic carbocycles. The van der Waals surface area contributed by atoms with Gasteiger partial charge in [0.25, 0.3) is 0 Å². The van der Waals surface area contributed by atoms with E-state index >= 15 is 0 Å². The van der Waals surface area contributed by atoms with Crippen LogP contribution in [0.2, 0.25) is 0 Å². The van der Waals surface area contributed by atoms with E-state index in [1.54, 1.807) is 0 Å². The second-order valence-electron chi connectivity index (χ2n) is 7.12. The maximum Gasteiger partial charge on any atom is 0.222 e. The van der Waals surface area contributed by atoms with Crippen molar-refractivity contribution in [2.75, 3.05) is 19.6 Å². The minimum atomic E-state index is 0.422. The lowest BCUT2D eigenvalue weighted by Crippen LogP contribution is -2.44. The number of nitrogens with zero attached hydrogens (tertiary/aromatic N) is 1. The van der Waals surface area contributed by atoms with E-state index in [1.807, 2.05) is 0 Å². The zero-order valence-corrected chi connectivity index (χ0v) is 13.4. The molecule has 1 saturated carbocycles. The number of hydrogen-bond donors (Lipinski definition) is 1. The fourth-order valence-corrected chi connectivity index (χ4v) is 3.63. The largest absolute Gasteiger partial charge is 0.342 e. The van der Waals surface area contributed by atoms with Gasteiger partial charge in [0.1, 0.15) is 0 Å². The van der Waals surface area contributed by atoms with Crippen LogP contribution in [0.25, 0.3) is 0 Å². The molecule has 1 heterocycles. The fraction of sp³-hybridized carbons (Fsp3) is 0.941. The smallest absolute Gasteiger partial charge is 0.222 e. The molecule has 1 saturated heterocycles. The van der Waals surface area contributed by atoms with Crippen LogP contribution in [0.15, 0.2) is 0 Å². The van der Waals surface area contributed by atoms with Crippen molar-refractivity contribution in [2.45, 2.75) is 71.3 Å². The second-order valence-corrected chi connectivity index (χ2v) is 7.12. The Labute approximate surface area is 124 Å². The van der Waals surface area contributed by atoms with Gasteiger partial charge >= 0.3 is 0 Å². The molecule has 1 amide bonds. The Morgan fingerprint density at radius 3 is 2.50 bits per heavy atom. The third kappa shape index (κ3) is 5.08. The number of carbonyl (C=O) groups excluding carboxylic acids is 1. The summed E-state index contributed by atoms with van der Waals surface area (Å²) in [6.45, 7) is 7.41. The molecule has 0 aromatic carbocycles. The van der Waals surface area contributed by atoms with Crippen molar-refractivity contribution in [1.29, 1.82) is 0 Å². The lowest BCUT2D eigenvalue weighted by Gasteiger charge is -2.34. The maximum absolute atomic E-state index is 12.5. The maximum atomic E-state index is 12.5. The third-order valence-electron chi connectivity index (χ3n) is 4.87. The van der Waals surface area contributed by atoms with Crippen molar-refractivity contribution in [2.24, 2.45) is 11.8 Å². The van der Waals surface area contributed by atoms with Gasteiger partial charge < -0.3 is 10.2 Å². The van der Waals surface area contributed by atoms with Crippen molar-refractivity contribution in [3.05, 3.63) is 0 Å². The van der Waals surface area contributed by atoms with E-state index in [-0.39, 0.29) is 0 Å². The first-order chi connectivity index (χ1) is 9.65. The first-order valence-corrected chi connectivity index (χ1v) is 8.66. The van der Waals surface area contributed by atoms with Crippen LogP contribution in [0.4, 0.5) is 0 Å². The molecule has 0 bridgehead atoms. The van der Waals surface area contributed by atoms with Gasteiger partial charge in [-0.2, -0.15) is 0 Å². The standard InChI is InChI=1S/C17H32N2O/c1-14(2)18-12-16-9-6-10-19(13-16)17(20)11-15-7-4-3-5-8-15/h14-16,18H,3-13H2,1-2H3. The highest BCUT2D eigenvalue weighted by Crippen LogP contribution is 2.27. The molecular formula is C17H32N2O. The molecule has 116 valence electrons. The topological polar surface area (TPSA) is 32.3 Å². The zero-order chi connectivity index (χ0) is 14.4. The minimum absolute atomic E-state index is 0.422. The highest BCUT2D eigenvalue weighted by molar-refractivity contribution is 5.76. The quantitative estimate of drug-likeness (QED) is 0.839. The highest BCUT2D eigenvalue weighted by atomic mass is 16.2. The molecule has 0 radical (unpaired) electrons. The van der Waals surface area contributed by atoms with Gasteiger partial charge in [-0.15, -0.1) is 0 Å². The van der Waals surface area contributed by atoms with E-state index in [0.717, 1.165) is 26.1 Å². The lowest BCUT2D eigenvalue weighted by molar-refractivity contribution is -0.134. The summed E-state index contributed by atoms with van der Waals surface area (Å²) in [7, 11) is 0. The highest BCUT2D eigenvalue weighted by Gasteiger charge is 2.26. The lowest BCUT2D eigenvalue weighted by atomic mass is 9.86. The predicted molar refractivity (Wildman–Crippen MR) is 83.6 cm³/mol. The number of rotatable bonds is 5. The van der Waals surface area contributed by atoms with E-state index in [9.17, 15) is 4.79 Å². The Bertz CT molecular complexity index is 297. The second kappa shape index (κ2) is 8.02. The molecule has 3 nitrogen and oxygen atoms in total. The normalized spacial score (nSPS) is 25.1. The number of piperidine rings is 1. The molecule has 2 aliphatic rings. The van der Waals surface area contributed by atoms with E-state index in [4.69, 9.17) is 0 Å². The molecule has 0 aromatic rings. The Morgan fingerprint density at radius 2 is 1.80 bits per heavy atom. The summed E-state index contributed by atoms with van der Waals surface area (Å²) in [4.78, 5) is 14.6. The van der Waals surface area contributed by atoms with Gasteiger partial charge in [0.05, 0.1) is 0 Å². The Balaban J connectivity index is 1.74. The number of carbonyl (C=O) groups is 1. The van der Waals surface area contributed by atoms with Crippen molar-refractivity contribution < 1.29 is 4.79 Å². The molecule has 1 N–H and O–H groups in total. The van der Waals surface area contributed by atoms with Gasteiger partial charge in [0, 0.05) is 25.6 Å². The summed E-state index contributed by atoms with van der Waals surface area (Å²) in [6, 6.07) is 0.545. The van der Waals surface area contributed by atoms with E-state index in [1.165, 1.54) is 44.9 Å². The number of amides is 1. The van der Waals surface area contributed by atoms with Gasteiger partial charge in [-0.1, -0.05) is 33.1 Å². The summed E-state index contributed by atoms with van der Waals surface area (Å²) < 4.78 is 0. The Kier molecular flexibility index (Phi) is 6.34. The van der Waals surface area contributed by atoms with Crippen LogP contribution in [0.5, 0.6) is 0 Å². The van der Waals surface area contributed by atoms with Gasteiger partial charge in [0.15, 0.2) is 0 Å². The van der Waals surface area contributed by atoms with Crippen molar-refractivity contribution in [3.8, 4) is 0 Å². The summed E-state index contributed by atoms with van der Waals surface area (Å²) in [5.74, 6) is 1.75. The van der Waals surface area contributed by atoms with Crippen molar-refractivity contribution >= 4 is 5.91 Å². The SMILES string of the molecule is CC(C)NCC1CCCN(C(=O)CC2CCCCC2)C1. The minimum Gasteiger partial charge on any atom is -0.342 e. The molecule has 2 rings (SSSR count). The summed E-state index contributed by atoms with van der Waals surface area (Å²) in [5.41, 5.74) is 0. The molecule has 1 unspecified atom stereocenters. The molecule has 2 fully saturated rings. The average Bonchev–Trinajstić information content (AvgIpc) is 2.46. The molecular weight excluding hydrogens is 248 g/mol. The first-order valence-electron chi connectivity index (χ1n) is 8.66. The van der Waals surface area contributed by atoms with Crippen LogP contribution in [0, 0.1) is 11.8 Å². The number of likely N-dealkylation sites (tertiary alicyclic amines) is 1. The molecule has 20 heavy (non-hydrogen) atoms. The van der Waals surface area contributed by atoms with Crippen molar-refractivity contribution in [1.82, 2.24) is 10.2 Å². The average molecular weight is 280 g/mol. The van der Waals surface area contributed by atoms with E-state index in [0.29, 0.717) is 23.8 Å². The molecule has 0 spiro atoms. The van der Waals surface area contributed by atoms with Crippen LogP contribution < -0.4 is 5.32 Å². The number of hydrogen-bond acceptors (Lipinski definition) is 2. The molecule has 0 aromatic heterocycles. The molecule has 1 atom stereocenters. The Morgan fingerprint density at radius 1 is 1.10 bits per heavy atom. The first kappa shape index (κ1) is 15.8. The monoisotopic (exact) mass is 280 g/mol. The zero-order valence-electron chi connectivity index (χ0n) is 13.4. The van der Waals surface area contributed by atoms with Crippen LogP contribution in [-0.2, 0) is 4.79 Å². The van der Waals surface area contributed by atoms with Gasteiger partial charge in [-0.25, -0.2) is 0 Å². The van der Waals surface area contributed by atoms with Crippen LogP contribution in [0.3, 0.4) is 0 Å². The van der Waals surface area contributed by atoms with Gasteiger partial charge in [-0.05, 0) is 44.1 Å². The summed E-state index contributed by atoms with van der Waals surface area (Å²) in [6.07, 6.45) is 9.85. The predicted octanol–water partition coefficient (Wildman–Crippen LogP) is 3.19. The fourth-order valence-electron chi connectivity index (χ4n) is 3.63. The number of nitrogens with one attached hydrogen (secondary N) is 1. The van der Waals surface area contributed by atoms with Gasteiger partial charge in [0.2, 0.25) is 5.91 Å². The van der Waals surface area contributed by atoms with Gasteiger partial charge in [-0.3, -0.25) is 4.79 Å². The summed E-state index contributed by atoms with van der Waals surface area (Å²) >= 11 is 0. The Hall–Kier alpha value is -0.570. The summed E-state index contributed by atoms with van der Waals surface area (Å²) in [5, 5.41) is 3.52. The van der Waals surface area contributed by atoms with Crippen LogP contribution in [0.1, 0.15) is 65.2 Å². The molecule has 1 aliphatic heterocycles. The van der Waals surface area contributed by atoms with Crippen LogP contribution in [-0.4, -0.2) is 36.5 Å². The third-order valence-corrected chi connectivity index (χ3v) is 4.87. The van der Waals surface area contributed by atoms with E-state index in [2.05, 4.69) is 24.1 Å².